The Balaban J connectivity index is 1.75. The summed E-state index contributed by atoms with van der Waals surface area (Å²) in [6, 6.07) is 12.0. The van der Waals surface area contributed by atoms with Crippen LogP contribution in [0.3, 0.4) is 0 Å². The van der Waals surface area contributed by atoms with Crippen LogP contribution in [0.15, 0.2) is 63.2 Å². The van der Waals surface area contributed by atoms with Crippen LogP contribution in [-0.2, 0) is 24.7 Å². The number of sulfone groups is 1. The molecule has 1 saturated heterocycles. The SMILES string of the molecule is Cc1ccc(S(=O)(=O)c2ccccc2)cc1S(=O)(=O)NCCCN1CCCC1=O. The molecule has 0 atom stereocenters. The third-order valence-electron chi connectivity index (χ3n) is 4.88. The Kier molecular flexibility index (Phi) is 6.40. The van der Waals surface area contributed by atoms with Crippen molar-refractivity contribution in [3.05, 3.63) is 54.1 Å². The van der Waals surface area contributed by atoms with Crippen LogP contribution >= 0.6 is 0 Å². The second-order valence-corrected chi connectivity index (χ2v) is 10.7. The van der Waals surface area contributed by atoms with E-state index in [0.717, 1.165) is 6.42 Å². The lowest BCUT2D eigenvalue weighted by Gasteiger charge is -2.16. The zero-order valence-corrected chi connectivity index (χ0v) is 17.8. The number of hydrogen-bond donors (Lipinski definition) is 1. The number of sulfonamides is 1. The third-order valence-corrected chi connectivity index (χ3v) is 8.25. The van der Waals surface area contributed by atoms with Crippen molar-refractivity contribution in [2.24, 2.45) is 0 Å². The van der Waals surface area contributed by atoms with E-state index in [4.69, 9.17) is 0 Å². The molecule has 1 fully saturated rings. The van der Waals surface area contributed by atoms with Gasteiger partial charge in [0.15, 0.2) is 0 Å². The van der Waals surface area contributed by atoms with Gasteiger partial charge < -0.3 is 4.90 Å². The highest BCUT2D eigenvalue weighted by atomic mass is 32.2. The van der Waals surface area contributed by atoms with E-state index in [2.05, 4.69) is 4.72 Å². The fourth-order valence-corrected chi connectivity index (χ4v) is 5.99. The normalized spacial score (nSPS) is 15.1. The van der Waals surface area contributed by atoms with Crippen molar-refractivity contribution in [2.45, 2.75) is 40.9 Å². The average molecular weight is 437 g/mol. The quantitative estimate of drug-likeness (QED) is 0.639. The first-order valence-corrected chi connectivity index (χ1v) is 12.4. The van der Waals surface area contributed by atoms with Crippen molar-refractivity contribution >= 4 is 25.8 Å². The van der Waals surface area contributed by atoms with Gasteiger partial charge in [0.1, 0.15) is 0 Å². The van der Waals surface area contributed by atoms with Crippen LogP contribution in [0.2, 0.25) is 0 Å². The van der Waals surface area contributed by atoms with Crippen LogP contribution in [0.4, 0.5) is 0 Å². The van der Waals surface area contributed by atoms with Crippen LogP contribution in [0, 0.1) is 6.92 Å². The molecule has 1 N–H and O–H groups in total. The van der Waals surface area contributed by atoms with E-state index in [9.17, 15) is 21.6 Å². The minimum absolute atomic E-state index is 0.0632. The fourth-order valence-electron chi connectivity index (χ4n) is 3.27. The number of rotatable bonds is 8. The molecule has 9 heteroatoms. The summed E-state index contributed by atoms with van der Waals surface area (Å²) < 4.78 is 53.6. The van der Waals surface area contributed by atoms with Gasteiger partial charge in [0.2, 0.25) is 25.8 Å². The number of carbonyl (C=O) groups excluding carboxylic acids is 1. The zero-order valence-electron chi connectivity index (χ0n) is 16.2. The van der Waals surface area contributed by atoms with Crippen molar-refractivity contribution in [3.8, 4) is 0 Å². The maximum atomic E-state index is 12.8. The molecule has 7 nitrogen and oxygen atoms in total. The summed E-state index contributed by atoms with van der Waals surface area (Å²) in [5.74, 6) is 0.0996. The second-order valence-electron chi connectivity index (χ2n) is 6.98. The van der Waals surface area contributed by atoms with Crippen molar-refractivity contribution in [1.82, 2.24) is 9.62 Å². The Morgan fingerprint density at radius 1 is 1.00 bits per heavy atom. The molecule has 0 spiro atoms. The fraction of sp³-hybridized carbons (Fsp3) is 0.350. The Bertz CT molecular complexity index is 1100. The first-order valence-electron chi connectivity index (χ1n) is 9.40. The van der Waals surface area contributed by atoms with Crippen molar-refractivity contribution in [2.75, 3.05) is 19.6 Å². The molecular weight excluding hydrogens is 412 g/mol. The minimum Gasteiger partial charge on any atom is -0.343 e. The monoisotopic (exact) mass is 436 g/mol. The maximum Gasteiger partial charge on any atom is 0.240 e. The maximum absolute atomic E-state index is 12.8. The smallest absolute Gasteiger partial charge is 0.240 e. The summed E-state index contributed by atoms with van der Waals surface area (Å²) in [6.07, 6.45) is 1.88. The molecule has 1 aliphatic heterocycles. The highest BCUT2D eigenvalue weighted by molar-refractivity contribution is 7.91. The van der Waals surface area contributed by atoms with Gasteiger partial charge in [-0.3, -0.25) is 4.79 Å². The Morgan fingerprint density at radius 2 is 1.72 bits per heavy atom. The Hall–Kier alpha value is -2.23. The van der Waals surface area contributed by atoms with Crippen LogP contribution in [0.25, 0.3) is 0 Å². The number of nitrogens with zero attached hydrogens (tertiary/aromatic N) is 1. The lowest BCUT2D eigenvalue weighted by atomic mass is 10.2. The summed E-state index contributed by atoms with van der Waals surface area (Å²) in [4.78, 5) is 13.3. The third kappa shape index (κ3) is 4.85. The lowest BCUT2D eigenvalue weighted by Crippen LogP contribution is -2.31. The number of aryl methyl sites for hydroxylation is 1. The van der Waals surface area contributed by atoms with Gasteiger partial charge in [-0.1, -0.05) is 24.3 Å². The average Bonchev–Trinajstić information content (AvgIpc) is 3.11. The number of likely N-dealkylation sites (tertiary alicyclic amines) is 1. The largest absolute Gasteiger partial charge is 0.343 e. The summed E-state index contributed by atoms with van der Waals surface area (Å²) >= 11 is 0. The van der Waals surface area contributed by atoms with Crippen molar-refractivity contribution in [1.29, 1.82) is 0 Å². The van der Waals surface area contributed by atoms with Gasteiger partial charge in [-0.25, -0.2) is 21.6 Å². The summed E-state index contributed by atoms with van der Waals surface area (Å²) in [7, 11) is -7.70. The summed E-state index contributed by atoms with van der Waals surface area (Å²) in [5, 5.41) is 0. The number of hydrogen-bond acceptors (Lipinski definition) is 5. The predicted molar refractivity (Wildman–Crippen MR) is 109 cm³/mol. The van der Waals surface area contributed by atoms with Gasteiger partial charge in [-0.05, 0) is 49.6 Å². The van der Waals surface area contributed by atoms with Crippen LogP contribution in [-0.4, -0.2) is 47.3 Å². The van der Waals surface area contributed by atoms with E-state index >= 15 is 0 Å². The van der Waals surface area contributed by atoms with Gasteiger partial charge in [-0.15, -0.1) is 0 Å². The number of carbonyl (C=O) groups is 1. The minimum atomic E-state index is -3.88. The summed E-state index contributed by atoms with van der Waals surface area (Å²) in [6.45, 7) is 3.00. The zero-order chi connectivity index (χ0) is 21.1. The van der Waals surface area contributed by atoms with Crippen LogP contribution in [0.1, 0.15) is 24.8 Å². The lowest BCUT2D eigenvalue weighted by molar-refractivity contribution is -0.127. The molecule has 3 rings (SSSR count). The number of nitrogens with one attached hydrogen (secondary N) is 1. The molecule has 1 heterocycles. The Labute approximate surface area is 171 Å². The molecule has 0 unspecified atom stereocenters. The molecule has 1 amide bonds. The van der Waals surface area contributed by atoms with Gasteiger partial charge in [0.05, 0.1) is 14.7 Å². The van der Waals surface area contributed by atoms with E-state index < -0.39 is 19.9 Å². The van der Waals surface area contributed by atoms with Gasteiger partial charge in [0.25, 0.3) is 0 Å². The first-order chi connectivity index (χ1) is 13.7. The number of benzene rings is 2. The predicted octanol–water partition coefficient (Wildman–Crippen LogP) is 2.12. The molecule has 0 radical (unpaired) electrons. The van der Waals surface area contributed by atoms with Crippen molar-refractivity contribution < 1.29 is 21.6 Å². The van der Waals surface area contributed by atoms with E-state index in [-0.39, 0.29) is 27.1 Å². The van der Waals surface area contributed by atoms with Crippen LogP contribution in [0.5, 0.6) is 0 Å². The van der Waals surface area contributed by atoms with E-state index in [1.54, 1.807) is 30.0 Å². The van der Waals surface area contributed by atoms with Gasteiger partial charge >= 0.3 is 0 Å². The standard InChI is InChI=1S/C20H24N2O5S2/c1-16-10-11-18(28(24,25)17-7-3-2-4-8-17)15-19(16)29(26,27)21-12-6-14-22-13-5-9-20(22)23/h2-4,7-8,10-11,15,21H,5-6,9,12-14H2,1H3. The summed E-state index contributed by atoms with van der Waals surface area (Å²) in [5.41, 5.74) is 0.458. The molecule has 2 aromatic rings. The molecule has 0 saturated carbocycles. The molecule has 2 aromatic carbocycles. The second kappa shape index (κ2) is 8.64. The number of amides is 1. The van der Waals surface area contributed by atoms with E-state index in [1.165, 1.54) is 30.3 Å². The molecule has 1 aliphatic rings. The molecule has 156 valence electrons. The van der Waals surface area contributed by atoms with Crippen LogP contribution < -0.4 is 4.72 Å². The highest BCUT2D eigenvalue weighted by Crippen LogP contribution is 2.25. The van der Waals surface area contributed by atoms with Gasteiger partial charge in [-0.2, -0.15) is 0 Å². The molecule has 29 heavy (non-hydrogen) atoms. The topological polar surface area (TPSA) is 101 Å². The highest BCUT2D eigenvalue weighted by Gasteiger charge is 2.23. The van der Waals surface area contributed by atoms with Gasteiger partial charge in [0, 0.05) is 26.1 Å². The molecule has 0 aliphatic carbocycles. The molecule has 0 bridgehead atoms. The Morgan fingerprint density at radius 3 is 2.38 bits per heavy atom. The molecule has 0 aromatic heterocycles. The first kappa shape index (κ1) is 21.5. The van der Waals surface area contributed by atoms with E-state index in [1.807, 2.05) is 0 Å². The van der Waals surface area contributed by atoms with Crippen molar-refractivity contribution in [3.63, 3.8) is 0 Å². The molecular formula is C20H24N2O5S2. The van der Waals surface area contributed by atoms with E-state index in [0.29, 0.717) is 31.5 Å².